The van der Waals surface area contributed by atoms with E-state index in [4.69, 9.17) is 0 Å². The van der Waals surface area contributed by atoms with E-state index in [9.17, 15) is 22.4 Å². The van der Waals surface area contributed by atoms with Gasteiger partial charge in [0.15, 0.2) is 0 Å². The minimum atomic E-state index is -3.72. The molecule has 1 aromatic rings. The van der Waals surface area contributed by atoms with Crippen LogP contribution < -0.4 is 0 Å². The number of hydrogen-bond acceptors (Lipinski definition) is 5. The number of piperazine rings is 1. The summed E-state index contributed by atoms with van der Waals surface area (Å²) in [6.45, 7) is 2.91. The molecule has 0 spiro atoms. The van der Waals surface area contributed by atoms with Gasteiger partial charge in [-0.25, -0.2) is 12.8 Å². The van der Waals surface area contributed by atoms with Crippen LogP contribution >= 0.6 is 11.8 Å². The van der Waals surface area contributed by atoms with Crippen molar-refractivity contribution in [3.05, 3.63) is 30.1 Å². The van der Waals surface area contributed by atoms with Gasteiger partial charge < -0.3 is 9.80 Å². The molecule has 1 aromatic carbocycles. The number of hydrogen-bond donors (Lipinski definition) is 0. The van der Waals surface area contributed by atoms with Crippen LogP contribution in [0, 0.1) is 5.82 Å². The lowest BCUT2D eigenvalue weighted by Gasteiger charge is -2.37. The van der Waals surface area contributed by atoms with Crippen LogP contribution in [0.5, 0.6) is 0 Å². The summed E-state index contributed by atoms with van der Waals surface area (Å²) in [6.07, 6.45) is 1.22. The number of carbonyl (C=O) groups excluding carboxylic acids is 2. The predicted octanol–water partition coefficient (Wildman–Crippen LogP) is 1.11. The Bertz CT molecular complexity index is 900. The minimum Gasteiger partial charge on any atom is -0.338 e. The van der Waals surface area contributed by atoms with Gasteiger partial charge in [0.2, 0.25) is 21.8 Å². The second kappa shape index (κ2) is 7.00. The Labute approximate surface area is 167 Å². The smallest absolute Gasteiger partial charge is 0.246 e. The SMILES string of the molecule is C[C@@]12CCC(=O)N1[C@H](C(=O)N1CCN(S(=O)(=O)c3ccc(F)cc3)CC1)CS2. The maximum absolute atomic E-state index is 13.1. The summed E-state index contributed by atoms with van der Waals surface area (Å²) < 4.78 is 39.8. The minimum absolute atomic E-state index is 0.0170. The van der Waals surface area contributed by atoms with Crippen molar-refractivity contribution in [3.8, 4) is 0 Å². The van der Waals surface area contributed by atoms with E-state index in [0.29, 0.717) is 12.2 Å². The molecule has 3 saturated heterocycles. The van der Waals surface area contributed by atoms with Gasteiger partial charge in [-0.2, -0.15) is 4.31 Å². The van der Waals surface area contributed by atoms with Gasteiger partial charge in [-0.3, -0.25) is 9.59 Å². The number of fused-ring (bicyclic) bond motifs is 1. The summed E-state index contributed by atoms with van der Waals surface area (Å²) in [5.41, 5.74) is 0. The summed E-state index contributed by atoms with van der Waals surface area (Å²) >= 11 is 1.64. The molecular weight excluding hydrogens is 405 g/mol. The number of thioether (sulfide) groups is 1. The molecule has 2 amide bonds. The van der Waals surface area contributed by atoms with Gasteiger partial charge in [-0.05, 0) is 37.6 Å². The molecule has 0 unspecified atom stereocenters. The zero-order valence-corrected chi connectivity index (χ0v) is 17.1. The first-order chi connectivity index (χ1) is 13.2. The highest BCUT2D eigenvalue weighted by Crippen LogP contribution is 2.47. The number of nitrogens with zero attached hydrogens (tertiary/aromatic N) is 3. The number of carbonyl (C=O) groups is 2. The summed E-state index contributed by atoms with van der Waals surface area (Å²) in [5, 5.41) is 0. The molecule has 152 valence electrons. The van der Waals surface area contributed by atoms with Crippen molar-refractivity contribution in [2.75, 3.05) is 31.9 Å². The van der Waals surface area contributed by atoms with E-state index in [0.717, 1.165) is 18.6 Å². The average Bonchev–Trinajstić information content (AvgIpc) is 3.17. The fourth-order valence-electron chi connectivity index (χ4n) is 4.12. The van der Waals surface area contributed by atoms with E-state index >= 15 is 0 Å². The zero-order valence-electron chi connectivity index (χ0n) is 15.5. The highest BCUT2D eigenvalue weighted by molar-refractivity contribution is 8.01. The lowest BCUT2D eigenvalue weighted by molar-refractivity contribution is -0.144. The molecular formula is C18H22FN3O4S2. The number of halogens is 1. The first-order valence-electron chi connectivity index (χ1n) is 9.23. The molecule has 0 aromatic heterocycles. The van der Waals surface area contributed by atoms with Gasteiger partial charge in [-0.15, -0.1) is 11.8 Å². The van der Waals surface area contributed by atoms with E-state index in [1.807, 2.05) is 6.92 Å². The fourth-order valence-corrected chi connectivity index (χ4v) is 6.96. The molecule has 7 nitrogen and oxygen atoms in total. The molecule has 0 bridgehead atoms. The third-order valence-electron chi connectivity index (χ3n) is 5.73. The van der Waals surface area contributed by atoms with Crippen LogP contribution in [0.15, 0.2) is 29.2 Å². The fraction of sp³-hybridized carbons (Fsp3) is 0.556. The molecule has 0 N–H and O–H groups in total. The second-order valence-electron chi connectivity index (χ2n) is 7.45. The lowest BCUT2D eigenvalue weighted by Crippen LogP contribution is -2.56. The van der Waals surface area contributed by atoms with Crippen molar-refractivity contribution >= 4 is 33.6 Å². The van der Waals surface area contributed by atoms with Crippen molar-refractivity contribution in [3.63, 3.8) is 0 Å². The van der Waals surface area contributed by atoms with Gasteiger partial charge in [-0.1, -0.05) is 0 Å². The zero-order chi connectivity index (χ0) is 20.1. The molecule has 3 aliphatic heterocycles. The van der Waals surface area contributed by atoms with E-state index in [2.05, 4.69) is 0 Å². The Morgan fingerprint density at radius 1 is 1.18 bits per heavy atom. The topological polar surface area (TPSA) is 78.0 Å². The van der Waals surface area contributed by atoms with Crippen molar-refractivity contribution in [1.29, 1.82) is 0 Å². The van der Waals surface area contributed by atoms with E-state index in [1.165, 1.54) is 16.4 Å². The van der Waals surface area contributed by atoms with Crippen LogP contribution in [-0.2, 0) is 19.6 Å². The van der Waals surface area contributed by atoms with Crippen LogP contribution in [0.2, 0.25) is 0 Å². The van der Waals surface area contributed by atoms with Crippen LogP contribution in [0.25, 0.3) is 0 Å². The van der Waals surface area contributed by atoms with Gasteiger partial charge in [0, 0.05) is 38.4 Å². The van der Waals surface area contributed by atoms with E-state index < -0.39 is 21.9 Å². The second-order valence-corrected chi connectivity index (χ2v) is 10.9. The highest BCUT2D eigenvalue weighted by atomic mass is 32.2. The molecule has 3 heterocycles. The Balaban J connectivity index is 1.42. The van der Waals surface area contributed by atoms with Crippen molar-refractivity contribution in [2.24, 2.45) is 0 Å². The third-order valence-corrected chi connectivity index (χ3v) is 9.15. The summed E-state index contributed by atoms with van der Waals surface area (Å²) in [4.78, 5) is 28.4. The molecule has 0 aliphatic carbocycles. The Morgan fingerprint density at radius 2 is 1.82 bits per heavy atom. The van der Waals surface area contributed by atoms with Crippen LogP contribution in [0.1, 0.15) is 19.8 Å². The Morgan fingerprint density at radius 3 is 2.46 bits per heavy atom. The van der Waals surface area contributed by atoms with Gasteiger partial charge in [0.05, 0.1) is 9.77 Å². The van der Waals surface area contributed by atoms with Gasteiger partial charge >= 0.3 is 0 Å². The van der Waals surface area contributed by atoms with Crippen LogP contribution in [0.3, 0.4) is 0 Å². The first-order valence-corrected chi connectivity index (χ1v) is 11.7. The van der Waals surface area contributed by atoms with Crippen molar-refractivity contribution in [1.82, 2.24) is 14.1 Å². The lowest BCUT2D eigenvalue weighted by atomic mass is 10.2. The first kappa shape index (κ1) is 19.7. The van der Waals surface area contributed by atoms with Crippen molar-refractivity contribution < 1.29 is 22.4 Å². The van der Waals surface area contributed by atoms with Crippen LogP contribution in [0.4, 0.5) is 4.39 Å². The summed E-state index contributed by atoms with van der Waals surface area (Å²) in [5.74, 6) is -0.00393. The standard InChI is InChI=1S/C18H22FN3O4S2/c1-18-7-6-16(23)22(18)15(12-27-18)17(24)20-8-10-21(11-9-20)28(25,26)14-4-2-13(19)3-5-14/h2-5,15H,6-12H2,1H3/t15-,18+/m0/s1. The molecule has 0 saturated carbocycles. The molecule has 28 heavy (non-hydrogen) atoms. The molecule has 2 atom stereocenters. The molecule has 3 aliphatic rings. The van der Waals surface area contributed by atoms with Crippen LogP contribution in [-0.4, -0.2) is 77.2 Å². The number of rotatable bonds is 3. The normalized spacial score (nSPS) is 28.6. The number of sulfonamides is 1. The highest BCUT2D eigenvalue weighted by Gasteiger charge is 2.53. The maximum atomic E-state index is 13.1. The van der Waals surface area contributed by atoms with E-state index in [1.54, 1.807) is 21.6 Å². The third kappa shape index (κ3) is 3.21. The summed E-state index contributed by atoms with van der Waals surface area (Å²) in [6, 6.07) is 4.27. The molecule has 10 heteroatoms. The van der Waals surface area contributed by atoms with E-state index in [-0.39, 0.29) is 47.8 Å². The quantitative estimate of drug-likeness (QED) is 0.722. The largest absolute Gasteiger partial charge is 0.338 e. The monoisotopic (exact) mass is 427 g/mol. The Kier molecular flexibility index (Phi) is 4.91. The molecule has 0 radical (unpaired) electrons. The molecule has 3 fully saturated rings. The summed E-state index contributed by atoms with van der Waals surface area (Å²) in [7, 11) is -3.72. The molecule has 4 rings (SSSR count). The van der Waals surface area contributed by atoms with Crippen molar-refractivity contribution in [2.45, 2.75) is 35.6 Å². The average molecular weight is 428 g/mol. The Hall–Kier alpha value is -1.65. The number of benzene rings is 1. The predicted molar refractivity (Wildman–Crippen MR) is 102 cm³/mol. The maximum Gasteiger partial charge on any atom is 0.246 e. The van der Waals surface area contributed by atoms with Gasteiger partial charge in [0.25, 0.3) is 0 Å². The number of amides is 2. The van der Waals surface area contributed by atoms with Gasteiger partial charge in [0.1, 0.15) is 11.9 Å².